The van der Waals surface area contributed by atoms with Gasteiger partial charge in [-0.15, -0.1) is 4.98 Å². The Hall–Kier alpha value is -3.03. The van der Waals surface area contributed by atoms with E-state index in [2.05, 4.69) is 28.2 Å². The smallest absolute Gasteiger partial charge is 0.407 e. The predicted molar refractivity (Wildman–Crippen MR) is 121 cm³/mol. The number of fused-ring (bicyclic) bond motifs is 2. The Kier molecular flexibility index (Phi) is 5.54. The van der Waals surface area contributed by atoms with E-state index in [1.54, 1.807) is 0 Å². The lowest BCUT2D eigenvalue weighted by molar-refractivity contribution is 0.0497. The molecule has 33 heavy (non-hydrogen) atoms. The van der Waals surface area contributed by atoms with Crippen LogP contribution in [-0.4, -0.2) is 68.2 Å². The highest BCUT2D eigenvalue weighted by atomic mass is 32.2. The fourth-order valence-corrected chi connectivity index (χ4v) is 5.65. The maximum atomic E-state index is 12.3. The summed E-state index contributed by atoms with van der Waals surface area (Å²) in [6, 6.07) is 9.99. The number of amides is 1. The molecule has 9 nitrogen and oxygen atoms in total. The van der Waals surface area contributed by atoms with Gasteiger partial charge in [0.15, 0.2) is 0 Å². The highest BCUT2D eigenvalue weighted by Gasteiger charge is 2.44. The van der Waals surface area contributed by atoms with Gasteiger partial charge < -0.3 is 24.2 Å². The first-order valence-corrected chi connectivity index (χ1v) is 12.6. The normalized spacial score (nSPS) is 21.7. The zero-order valence-corrected chi connectivity index (χ0v) is 19.2. The van der Waals surface area contributed by atoms with Crippen LogP contribution in [0.4, 0.5) is 10.6 Å². The second-order valence-electron chi connectivity index (χ2n) is 8.91. The van der Waals surface area contributed by atoms with E-state index in [1.165, 1.54) is 22.3 Å². The Morgan fingerprint density at radius 2 is 2.06 bits per heavy atom. The Balaban J connectivity index is 1.48. The molecule has 10 heteroatoms. The number of piperazine rings is 1. The van der Waals surface area contributed by atoms with Crippen molar-refractivity contribution in [1.82, 2.24) is 14.9 Å². The molecular formula is C23H25N5O4S. The van der Waals surface area contributed by atoms with Gasteiger partial charge in [0, 0.05) is 43.7 Å². The van der Waals surface area contributed by atoms with Crippen molar-refractivity contribution in [2.45, 2.75) is 48.9 Å². The molecule has 3 aliphatic rings. The lowest BCUT2D eigenvalue weighted by Crippen LogP contribution is -2.55. The summed E-state index contributed by atoms with van der Waals surface area (Å²) < 4.78 is 18.9. The van der Waals surface area contributed by atoms with Crippen molar-refractivity contribution in [3.63, 3.8) is 0 Å². The molecule has 1 aromatic carbocycles. The van der Waals surface area contributed by atoms with Gasteiger partial charge in [0.1, 0.15) is 17.7 Å². The number of benzene rings is 1. The molecule has 3 heterocycles. The van der Waals surface area contributed by atoms with Crippen molar-refractivity contribution in [3.8, 4) is 11.9 Å². The van der Waals surface area contributed by atoms with Crippen LogP contribution in [0.3, 0.4) is 0 Å². The Bertz CT molecular complexity index is 1110. The summed E-state index contributed by atoms with van der Waals surface area (Å²) in [5.74, 6) is 1.12. The molecule has 1 N–H and O–H groups in total. The van der Waals surface area contributed by atoms with Gasteiger partial charge >= 0.3 is 11.2 Å². The van der Waals surface area contributed by atoms with Crippen LogP contribution in [0, 0.1) is 11.3 Å². The van der Waals surface area contributed by atoms with Gasteiger partial charge in [0.25, 0.3) is 0 Å². The van der Waals surface area contributed by atoms with Gasteiger partial charge in [-0.05, 0) is 24.0 Å². The first kappa shape index (κ1) is 21.8. The molecule has 2 atom stereocenters. The highest BCUT2D eigenvalue weighted by molar-refractivity contribution is 7.90. The zero-order chi connectivity index (χ0) is 23.2. The highest BCUT2D eigenvalue weighted by Crippen LogP contribution is 2.44. The van der Waals surface area contributed by atoms with Crippen molar-refractivity contribution in [2.75, 3.05) is 30.8 Å². The topological polar surface area (TPSA) is 126 Å². The van der Waals surface area contributed by atoms with Gasteiger partial charge in [-0.2, -0.15) is 10.2 Å². The molecule has 1 saturated heterocycles. The number of ether oxygens (including phenoxy) is 1. The minimum Gasteiger partial charge on any atom is -0.609 e. The van der Waals surface area contributed by atoms with Crippen LogP contribution in [0.15, 0.2) is 29.4 Å². The Labute approximate surface area is 195 Å². The molecule has 1 unspecified atom stereocenters. The fourth-order valence-electron chi connectivity index (χ4n) is 5.22. The molecule has 0 saturated carbocycles. The molecule has 172 valence electrons. The van der Waals surface area contributed by atoms with Crippen LogP contribution in [0.25, 0.3) is 0 Å². The van der Waals surface area contributed by atoms with Crippen LogP contribution >= 0.6 is 0 Å². The molecule has 2 aromatic rings. The van der Waals surface area contributed by atoms with Crippen LogP contribution in [0.5, 0.6) is 5.88 Å². The number of carbonyl (C=O) groups is 1. The average Bonchev–Trinajstić information content (AvgIpc) is 3.15. The lowest BCUT2D eigenvalue weighted by Gasteiger charge is -2.41. The van der Waals surface area contributed by atoms with E-state index in [1.807, 2.05) is 17.0 Å². The van der Waals surface area contributed by atoms with Crippen LogP contribution < -0.4 is 9.64 Å². The van der Waals surface area contributed by atoms with Crippen molar-refractivity contribution >= 4 is 23.1 Å². The summed E-state index contributed by atoms with van der Waals surface area (Å²) in [6.45, 7) is 1.05. The SMILES string of the molecule is C[S+]([O-])c1nc2c(c(N3CCN(C(=O)O)[C@@H](CC#N)C3)n1)CCC1(Cc3ccccc3C1)O2. The summed E-state index contributed by atoms with van der Waals surface area (Å²) in [6.07, 6.45) is 3.77. The number of nitriles is 1. The molecule has 0 radical (unpaired) electrons. The Morgan fingerprint density at radius 3 is 2.70 bits per heavy atom. The molecule has 5 rings (SSSR count). The largest absolute Gasteiger partial charge is 0.609 e. The summed E-state index contributed by atoms with van der Waals surface area (Å²) >= 11 is -1.41. The predicted octanol–water partition coefficient (Wildman–Crippen LogP) is 2.16. The second-order valence-corrected chi connectivity index (χ2v) is 10.2. The van der Waals surface area contributed by atoms with Crippen molar-refractivity contribution in [2.24, 2.45) is 0 Å². The molecule has 1 fully saturated rings. The van der Waals surface area contributed by atoms with E-state index in [-0.39, 0.29) is 23.7 Å². The number of rotatable bonds is 3. The monoisotopic (exact) mass is 467 g/mol. The molecule has 1 aromatic heterocycles. The fraction of sp³-hybridized carbons (Fsp3) is 0.478. The number of hydrogen-bond acceptors (Lipinski definition) is 7. The average molecular weight is 468 g/mol. The van der Waals surface area contributed by atoms with Crippen molar-refractivity contribution < 1.29 is 19.2 Å². The molecule has 1 aliphatic carbocycles. The number of hydrogen-bond donors (Lipinski definition) is 1. The Morgan fingerprint density at radius 1 is 1.33 bits per heavy atom. The van der Waals surface area contributed by atoms with Crippen LogP contribution in [0.1, 0.15) is 29.5 Å². The summed E-state index contributed by atoms with van der Waals surface area (Å²) in [4.78, 5) is 24.1. The first-order valence-electron chi connectivity index (χ1n) is 11.0. The maximum Gasteiger partial charge on any atom is 0.407 e. The van der Waals surface area contributed by atoms with Gasteiger partial charge in [0.05, 0.1) is 24.1 Å². The van der Waals surface area contributed by atoms with E-state index in [4.69, 9.17) is 4.74 Å². The third-order valence-electron chi connectivity index (χ3n) is 6.83. The maximum absolute atomic E-state index is 12.3. The van der Waals surface area contributed by atoms with Gasteiger partial charge in [-0.1, -0.05) is 24.3 Å². The minimum atomic E-state index is -1.41. The van der Waals surface area contributed by atoms with E-state index < -0.39 is 23.3 Å². The second kappa shape index (κ2) is 8.39. The molecule has 0 bridgehead atoms. The standard InChI is InChI=1S/C23H25N5O4S/c1-33(31)21-25-19(27-10-11-28(22(29)30)17(14-27)7-9-24)18-6-8-23(32-20(18)26-21)12-15-4-2-3-5-16(15)13-23/h2-5,17H,6-8,10-14H2,1H3,(H,29,30)/t17-,33?/m0/s1. The molecular weight excluding hydrogens is 442 g/mol. The van der Waals surface area contributed by atoms with Crippen molar-refractivity contribution in [3.05, 3.63) is 41.0 Å². The van der Waals surface area contributed by atoms with E-state index in [9.17, 15) is 19.7 Å². The lowest BCUT2D eigenvalue weighted by atomic mass is 9.89. The van der Waals surface area contributed by atoms with Crippen molar-refractivity contribution in [1.29, 1.82) is 5.26 Å². The first-order chi connectivity index (χ1) is 15.9. The van der Waals surface area contributed by atoms with E-state index in [0.717, 1.165) is 31.2 Å². The quantitative estimate of drug-likeness (QED) is 0.538. The van der Waals surface area contributed by atoms with Gasteiger partial charge in [-0.25, -0.2) is 4.79 Å². The minimum absolute atomic E-state index is 0.0977. The van der Waals surface area contributed by atoms with E-state index in [0.29, 0.717) is 24.8 Å². The third kappa shape index (κ3) is 3.96. The number of aromatic nitrogens is 2. The summed E-state index contributed by atoms with van der Waals surface area (Å²) in [5.41, 5.74) is 3.09. The molecule has 1 spiro atoms. The molecule has 2 aliphatic heterocycles. The summed E-state index contributed by atoms with van der Waals surface area (Å²) in [7, 11) is 0. The van der Waals surface area contributed by atoms with Gasteiger partial charge in [0.2, 0.25) is 5.88 Å². The van der Waals surface area contributed by atoms with Gasteiger partial charge in [-0.3, -0.25) is 0 Å². The van der Waals surface area contributed by atoms with E-state index >= 15 is 0 Å². The summed E-state index contributed by atoms with van der Waals surface area (Å²) in [5, 5.41) is 18.9. The third-order valence-corrected chi connectivity index (χ3v) is 7.52. The zero-order valence-electron chi connectivity index (χ0n) is 18.4. The number of carboxylic acid groups (broad SMARTS) is 1. The van der Waals surface area contributed by atoms with Crippen LogP contribution in [0.2, 0.25) is 0 Å². The van der Waals surface area contributed by atoms with Crippen LogP contribution in [-0.2, 0) is 30.4 Å². The number of anilines is 1. The number of nitrogens with zero attached hydrogens (tertiary/aromatic N) is 5. The molecule has 1 amide bonds.